The first-order valence-electron chi connectivity index (χ1n) is 6.25. The van der Waals surface area contributed by atoms with Crippen molar-refractivity contribution < 1.29 is 4.74 Å². The fourth-order valence-electron chi connectivity index (χ4n) is 1.79. The quantitative estimate of drug-likeness (QED) is 0.926. The SMILES string of the molecule is CNc1cc(Oc2ccccc2Br)nc(C2CC2)n1. The molecule has 0 saturated heterocycles. The maximum atomic E-state index is 5.83. The van der Waals surface area contributed by atoms with Gasteiger partial charge in [0.15, 0.2) is 0 Å². The zero-order valence-corrected chi connectivity index (χ0v) is 12.1. The fraction of sp³-hybridized carbons (Fsp3) is 0.286. The molecule has 0 aliphatic heterocycles. The van der Waals surface area contributed by atoms with Gasteiger partial charge < -0.3 is 10.1 Å². The number of aromatic nitrogens is 2. The second-order valence-corrected chi connectivity index (χ2v) is 5.36. The number of nitrogens with zero attached hydrogens (tertiary/aromatic N) is 2. The van der Waals surface area contributed by atoms with Crippen molar-refractivity contribution in [3.05, 3.63) is 40.6 Å². The van der Waals surface area contributed by atoms with Gasteiger partial charge in [0.2, 0.25) is 5.88 Å². The molecule has 1 saturated carbocycles. The Balaban J connectivity index is 1.91. The molecule has 1 fully saturated rings. The van der Waals surface area contributed by atoms with Gasteiger partial charge in [-0.3, -0.25) is 0 Å². The van der Waals surface area contributed by atoms with Gasteiger partial charge >= 0.3 is 0 Å². The number of nitrogens with one attached hydrogen (secondary N) is 1. The third kappa shape index (κ3) is 2.87. The number of para-hydroxylation sites is 1. The first-order valence-corrected chi connectivity index (χ1v) is 7.04. The highest BCUT2D eigenvalue weighted by Crippen LogP contribution is 2.39. The third-order valence-electron chi connectivity index (χ3n) is 2.97. The van der Waals surface area contributed by atoms with E-state index in [1.54, 1.807) is 0 Å². The maximum Gasteiger partial charge on any atom is 0.224 e. The lowest BCUT2D eigenvalue weighted by atomic mass is 10.3. The molecule has 4 nitrogen and oxygen atoms in total. The molecule has 0 spiro atoms. The van der Waals surface area contributed by atoms with Gasteiger partial charge in [-0.05, 0) is 40.9 Å². The van der Waals surface area contributed by atoms with Gasteiger partial charge in [0.1, 0.15) is 17.4 Å². The summed E-state index contributed by atoms with van der Waals surface area (Å²) in [5.41, 5.74) is 0. The summed E-state index contributed by atoms with van der Waals surface area (Å²) in [6, 6.07) is 9.54. The monoisotopic (exact) mass is 319 g/mol. The van der Waals surface area contributed by atoms with Crippen molar-refractivity contribution in [3.8, 4) is 11.6 Å². The lowest BCUT2D eigenvalue weighted by molar-refractivity contribution is 0.456. The van der Waals surface area contributed by atoms with Gasteiger partial charge in [0.05, 0.1) is 4.47 Å². The summed E-state index contributed by atoms with van der Waals surface area (Å²) >= 11 is 3.47. The van der Waals surface area contributed by atoms with Crippen molar-refractivity contribution in [2.24, 2.45) is 0 Å². The number of benzene rings is 1. The van der Waals surface area contributed by atoms with E-state index >= 15 is 0 Å². The Kier molecular flexibility index (Phi) is 3.38. The smallest absolute Gasteiger partial charge is 0.224 e. The molecule has 1 heterocycles. The number of ether oxygens (including phenoxy) is 1. The van der Waals surface area contributed by atoms with E-state index in [-0.39, 0.29) is 0 Å². The van der Waals surface area contributed by atoms with Crippen molar-refractivity contribution in [2.45, 2.75) is 18.8 Å². The van der Waals surface area contributed by atoms with Crippen LogP contribution in [0, 0.1) is 0 Å². The molecular weight excluding hydrogens is 306 g/mol. The molecule has 0 radical (unpaired) electrons. The molecule has 1 N–H and O–H groups in total. The molecule has 1 aromatic carbocycles. The normalized spacial score (nSPS) is 14.2. The predicted octanol–water partition coefficient (Wildman–Crippen LogP) is 3.95. The molecule has 1 aliphatic carbocycles. The molecule has 1 aromatic heterocycles. The largest absolute Gasteiger partial charge is 0.438 e. The minimum absolute atomic E-state index is 0.495. The predicted molar refractivity (Wildman–Crippen MR) is 77.8 cm³/mol. The standard InChI is InChI=1S/C14H14BrN3O/c1-16-12-8-13(18-14(17-12)9-6-7-9)19-11-5-3-2-4-10(11)15/h2-5,8-9H,6-7H2,1H3,(H,16,17,18). The molecule has 1 aliphatic rings. The van der Waals surface area contributed by atoms with Crippen LogP contribution in [0.15, 0.2) is 34.8 Å². The Bertz CT molecular complexity index is 599. The van der Waals surface area contributed by atoms with Crippen LogP contribution < -0.4 is 10.1 Å². The third-order valence-corrected chi connectivity index (χ3v) is 3.62. The average molecular weight is 320 g/mol. The van der Waals surface area contributed by atoms with E-state index in [1.165, 1.54) is 12.8 Å². The Morgan fingerprint density at radius 3 is 2.74 bits per heavy atom. The van der Waals surface area contributed by atoms with Gasteiger partial charge in [-0.25, -0.2) is 4.98 Å². The topological polar surface area (TPSA) is 47.0 Å². The molecule has 98 valence electrons. The van der Waals surface area contributed by atoms with Crippen molar-refractivity contribution >= 4 is 21.7 Å². The van der Waals surface area contributed by atoms with Crippen LogP contribution in [0.25, 0.3) is 0 Å². The Labute approximate surface area is 120 Å². The highest BCUT2D eigenvalue weighted by Gasteiger charge is 2.27. The summed E-state index contributed by atoms with van der Waals surface area (Å²) in [7, 11) is 1.85. The molecule has 0 unspecified atom stereocenters. The van der Waals surface area contributed by atoms with E-state index in [0.717, 1.165) is 21.9 Å². The summed E-state index contributed by atoms with van der Waals surface area (Å²) in [5.74, 6) is 3.49. The molecule has 3 rings (SSSR count). The highest BCUT2D eigenvalue weighted by molar-refractivity contribution is 9.10. The number of hydrogen-bond donors (Lipinski definition) is 1. The lowest BCUT2D eigenvalue weighted by Crippen LogP contribution is -2.01. The molecule has 2 aromatic rings. The molecule has 19 heavy (non-hydrogen) atoms. The van der Waals surface area contributed by atoms with Gasteiger partial charge in [-0.15, -0.1) is 0 Å². The minimum atomic E-state index is 0.495. The summed E-state index contributed by atoms with van der Waals surface area (Å²) in [6.07, 6.45) is 2.34. The second kappa shape index (κ2) is 5.17. The van der Waals surface area contributed by atoms with E-state index in [4.69, 9.17) is 4.74 Å². The number of hydrogen-bond acceptors (Lipinski definition) is 4. The summed E-state index contributed by atoms with van der Waals surface area (Å²) < 4.78 is 6.74. The molecule has 5 heteroatoms. The summed E-state index contributed by atoms with van der Waals surface area (Å²) in [5, 5.41) is 3.05. The summed E-state index contributed by atoms with van der Waals surface area (Å²) in [4.78, 5) is 8.95. The maximum absolute atomic E-state index is 5.83. The van der Waals surface area contributed by atoms with Crippen LogP contribution in [-0.2, 0) is 0 Å². The van der Waals surface area contributed by atoms with Crippen LogP contribution in [-0.4, -0.2) is 17.0 Å². The van der Waals surface area contributed by atoms with Crippen molar-refractivity contribution in [3.63, 3.8) is 0 Å². The van der Waals surface area contributed by atoms with Crippen LogP contribution in [0.4, 0.5) is 5.82 Å². The number of rotatable bonds is 4. The van der Waals surface area contributed by atoms with Crippen LogP contribution >= 0.6 is 15.9 Å². The minimum Gasteiger partial charge on any atom is -0.438 e. The number of anilines is 1. The van der Waals surface area contributed by atoms with Crippen LogP contribution in [0.3, 0.4) is 0 Å². The first kappa shape index (κ1) is 12.4. The van der Waals surface area contributed by atoms with Gasteiger partial charge in [0, 0.05) is 19.0 Å². The average Bonchev–Trinajstić information content (AvgIpc) is 3.25. The van der Waals surface area contributed by atoms with Gasteiger partial charge in [-0.2, -0.15) is 4.98 Å². The summed E-state index contributed by atoms with van der Waals surface area (Å²) in [6.45, 7) is 0. The lowest BCUT2D eigenvalue weighted by Gasteiger charge is -2.09. The molecule has 0 bridgehead atoms. The fourth-order valence-corrected chi connectivity index (χ4v) is 2.15. The van der Waals surface area contributed by atoms with Crippen molar-refractivity contribution in [1.82, 2.24) is 9.97 Å². The second-order valence-electron chi connectivity index (χ2n) is 4.51. The van der Waals surface area contributed by atoms with Gasteiger partial charge in [-0.1, -0.05) is 12.1 Å². The zero-order valence-electron chi connectivity index (χ0n) is 10.6. The van der Waals surface area contributed by atoms with Gasteiger partial charge in [0.25, 0.3) is 0 Å². The van der Waals surface area contributed by atoms with E-state index in [1.807, 2.05) is 37.4 Å². The Hall–Kier alpha value is -1.62. The van der Waals surface area contributed by atoms with E-state index in [0.29, 0.717) is 11.8 Å². The number of halogens is 1. The van der Waals surface area contributed by atoms with E-state index < -0.39 is 0 Å². The Morgan fingerprint density at radius 1 is 1.26 bits per heavy atom. The molecule has 0 amide bonds. The van der Waals surface area contributed by atoms with Crippen LogP contribution in [0.5, 0.6) is 11.6 Å². The molecular formula is C14H14BrN3O. The van der Waals surface area contributed by atoms with E-state index in [2.05, 4.69) is 31.2 Å². The van der Waals surface area contributed by atoms with E-state index in [9.17, 15) is 0 Å². The van der Waals surface area contributed by atoms with Crippen molar-refractivity contribution in [2.75, 3.05) is 12.4 Å². The zero-order chi connectivity index (χ0) is 13.2. The first-order chi connectivity index (χ1) is 9.26. The van der Waals surface area contributed by atoms with Crippen molar-refractivity contribution in [1.29, 1.82) is 0 Å². The molecule has 0 atom stereocenters. The van der Waals surface area contributed by atoms with Crippen LogP contribution in [0.1, 0.15) is 24.6 Å². The highest BCUT2D eigenvalue weighted by atomic mass is 79.9. The Morgan fingerprint density at radius 2 is 2.05 bits per heavy atom. The van der Waals surface area contributed by atoms with Crippen LogP contribution in [0.2, 0.25) is 0 Å².